The Bertz CT molecular complexity index is 538. The Morgan fingerprint density at radius 3 is 2.85 bits per heavy atom. The molecule has 0 radical (unpaired) electrons. The number of carboxylic acid groups (broad SMARTS) is 1. The van der Waals surface area contributed by atoms with Crippen molar-refractivity contribution in [1.82, 2.24) is 4.90 Å². The van der Waals surface area contributed by atoms with Crippen LogP contribution in [0, 0.1) is 5.92 Å². The lowest BCUT2D eigenvalue weighted by Crippen LogP contribution is -2.44. The molecule has 20 heavy (non-hydrogen) atoms. The molecule has 1 aromatic rings. The third kappa shape index (κ3) is 3.64. The molecule has 108 valence electrons. The second-order valence-corrected chi connectivity index (χ2v) is 6.00. The molecular formula is C13H14BrClN2O3. The minimum atomic E-state index is -0.857. The smallest absolute Gasteiger partial charge is 0.321 e. The maximum absolute atomic E-state index is 12.1. The topological polar surface area (TPSA) is 69.6 Å². The van der Waals surface area contributed by atoms with E-state index in [9.17, 15) is 9.59 Å². The number of carboxylic acids is 1. The number of rotatable bonds is 2. The third-order valence-corrected chi connectivity index (χ3v) is 4.04. The van der Waals surface area contributed by atoms with Gasteiger partial charge in [-0.15, -0.1) is 0 Å². The van der Waals surface area contributed by atoms with Gasteiger partial charge in [-0.05, 0) is 31.0 Å². The summed E-state index contributed by atoms with van der Waals surface area (Å²) in [4.78, 5) is 24.6. The van der Waals surface area contributed by atoms with Crippen LogP contribution in [0.1, 0.15) is 12.8 Å². The molecule has 1 heterocycles. The summed E-state index contributed by atoms with van der Waals surface area (Å²) >= 11 is 9.32. The number of nitrogens with zero attached hydrogens (tertiary/aromatic N) is 1. The molecule has 0 spiro atoms. The van der Waals surface area contributed by atoms with Crippen molar-refractivity contribution in [2.24, 2.45) is 5.92 Å². The van der Waals surface area contributed by atoms with E-state index in [2.05, 4.69) is 21.2 Å². The van der Waals surface area contributed by atoms with Gasteiger partial charge in [0.15, 0.2) is 0 Å². The lowest BCUT2D eigenvalue weighted by molar-refractivity contribution is -0.143. The summed E-state index contributed by atoms with van der Waals surface area (Å²) in [7, 11) is 0. The number of aliphatic carboxylic acids is 1. The standard InChI is InChI=1S/C13H14BrClN2O3/c14-9-3-4-11(10(15)6-9)16-13(20)17-5-1-2-8(7-17)12(18)19/h3-4,6,8H,1-2,5,7H2,(H,16,20)(H,18,19)/t8-/m1/s1. The molecule has 2 N–H and O–H groups in total. The fourth-order valence-corrected chi connectivity index (χ4v) is 2.87. The van der Waals surface area contributed by atoms with Crippen molar-refractivity contribution < 1.29 is 14.7 Å². The number of nitrogens with one attached hydrogen (secondary N) is 1. The average Bonchev–Trinajstić information content (AvgIpc) is 2.42. The van der Waals surface area contributed by atoms with Gasteiger partial charge in [0.1, 0.15) is 0 Å². The Hall–Kier alpha value is -1.27. The number of benzene rings is 1. The van der Waals surface area contributed by atoms with Crippen LogP contribution in [0.4, 0.5) is 10.5 Å². The van der Waals surface area contributed by atoms with E-state index < -0.39 is 11.9 Å². The highest BCUT2D eigenvalue weighted by atomic mass is 79.9. The molecule has 7 heteroatoms. The first-order valence-electron chi connectivity index (χ1n) is 6.21. The number of likely N-dealkylation sites (tertiary alicyclic amines) is 1. The van der Waals surface area contributed by atoms with E-state index in [-0.39, 0.29) is 12.6 Å². The highest BCUT2D eigenvalue weighted by Gasteiger charge is 2.28. The highest BCUT2D eigenvalue weighted by Crippen LogP contribution is 2.26. The average molecular weight is 362 g/mol. The van der Waals surface area contributed by atoms with Crippen molar-refractivity contribution >= 4 is 45.2 Å². The van der Waals surface area contributed by atoms with Crippen molar-refractivity contribution in [1.29, 1.82) is 0 Å². The number of hydrogen-bond donors (Lipinski definition) is 2. The number of carbonyl (C=O) groups excluding carboxylic acids is 1. The molecule has 1 aliphatic heterocycles. The van der Waals surface area contributed by atoms with Gasteiger partial charge in [-0.3, -0.25) is 4.79 Å². The van der Waals surface area contributed by atoms with Gasteiger partial charge in [-0.1, -0.05) is 27.5 Å². The summed E-state index contributed by atoms with van der Waals surface area (Å²) in [6.45, 7) is 0.791. The van der Waals surface area contributed by atoms with E-state index in [0.717, 1.165) is 4.47 Å². The SMILES string of the molecule is O=C(O)[C@@H]1CCCN(C(=O)Nc2ccc(Br)cc2Cl)C1. The summed E-state index contributed by atoms with van der Waals surface area (Å²) in [6, 6.07) is 4.84. The number of anilines is 1. The quantitative estimate of drug-likeness (QED) is 0.848. The zero-order valence-corrected chi connectivity index (χ0v) is 12.9. The Morgan fingerprint density at radius 1 is 1.45 bits per heavy atom. The van der Waals surface area contributed by atoms with Crippen molar-refractivity contribution in [2.45, 2.75) is 12.8 Å². The van der Waals surface area contributed by atoms with Crippen LogP contribution in [0.5, 0.6) is 0 Å². The van der Waals surface area contributed by atoms with Gasteiger partial charge in [0.05, 0.1) is 16.6 Å². The number of amides is 2. The zero-order chi connectivity index (χ0) is 14.7. The Morgan fingerprint density at radius 2 is 2.20 bits per heavy atom. The molecule has 0 unspecified atom stereocenters. The molecule has 1 atom stereocenters. The van der Waals surface area contributed by atoms with Gasteiger partial charge in [-0.2, -0.15) is 0 Å². The molecule has 0 saturated carbocycles. The van der Waals surface area contributed by atoms with E-state index in [1.54, 1.807) is 18.2 Å². The van der Waals surface area contributed by atoms with Crippen LogP contribution in [0.2, 0.25) is 5.02 Å². The second-order valence-electron chi connectivity index (χ2n) is 4.68. The van der Waals surface area contributed by atoms with Gasteiger partial charge < -0.3 is 15.3 Å². The highest BCUT2D eigenvalue weighted by molar-refractivity contribution is 9.10. The fraction of sp³-hybridized carbons (Fsp3) is 0.385. The maximum Gasteiger partial charge on any atom is 0.321 e. The summed E-state index contributed by atoms with van der Waals surface area (Å²) in [6.07, 6.45) is 1.30. The van der Waals surface area contributed by atoms with Crippen LogP contribution in [-0.4, -0.2) is 35.1 Å². The van der Waals surface area contributed by atoms with Gasteiger partial charge in [0, 0.05) is 17.6 Å². The lowest BCUT2D eigenvalue weighted by atomic mass is 9.99. The Labute approximate surface area is 130 Å². The minimum absolute atomic E-state index is 0.231. The van der Waals surface area contributed by atoms with Crippen LogP contribution in [-0.2, 0) is 4.79 Å². The van der Waals surface area contributed by atoms with Gasteiger partial charge in [-0.25, -0.2) is 4.79 Å². The van der Waals surface area contributed by atoms with Crippen LogP contribution in [0.15, 0.2) is 22.7 Å². The van der Waals surface area contributed by atoms with Crippen molar-refractivity contribution in [2.75, 3.05) is 18.4 Å². The molecule has 5 nitrogen and oxygen atoms in total. The Kier molecular flexibility index (Phi) is 4.88. The van der Waals surface area contributed by atoms with Crippen LogP contribution in [0.25, 0.3) is 0 Å². The summed E-state index contributed by atoms with van der Waals surface area (Å²) < 4.78 is 0.824. The van der Waals surface area contributed by atoms with E-state index in [0.29, 0.717) is 30.1 Å². The van der Waals surface area contributed by atoms with Gasteiger partial charge in [0.25, 0.3) is 0 Å². The molecule has 0 bridgehead atoms. The third-order valence-electron chi connectivity index (χ3n) is 3.23. The molecule has 1 aromatic carbocycles. The number of carbonyl (C=O) groups is 2. The van der Waals surface area contributed by atoms with Crippen LogP contribution in [0.3, 0.4) is 0 Å². The van der Waals surface area contributed by atoms with Crippen LogP contribution < -0.4 is 5.32 Å². The second kappa shape index (κ2) is 6.45. The lowest BCUT2D eigenvalue weighted by Gasteiger charge is -2.30. The normalized spacial score (nSPS) is 18.7. The first kappa shape index (κ1) is 15.1. The first-order chi connectivity index (χ1) is 9.47. The molecule has 1 aliphatic rings. The van der Waals surface area contributed by atoms with Gasteiger partial charge in [0.2, 0.25) is 0 Å². The number of urea groups is 1. The predicted molar refractivity (Wildman–Crippen MR) is 80.1 cm³/mol. The van der Waals surface area contributed by atoms with Crippen molar-refractivity contribution in [3.8, 4) is 0 Å². The number of halogens is 2. The molecule has 2 rings (SSSR count). The van der Waals surface area contributed by atoms with Crippen molar-refractivity contribution in [3.05, 3.63) is 27.7 Å². The monoisotopic (exact) mass is 360 g/mol. The van der Waals surface area contributed by atoms with E-state index in [1.807, 2.05) is 0 Å². The molecule has 2 amide bonds. The summed E-state index contributed by atoms with van der Waals surface area (Å²) in [5, 5.41) is 12.2. The summed E-state index contributed by atoms with van der Waals surface area (Å²) in [5.41, 5.74) is 0.511. The maximum atomic E-state index is 12.1. The summed E-state index contributed by atoms with van der Waals surface area (Å²) in [5.74, 6) is -1.35. The number of piperidine rings is 1. The van der Waals surface area contributed by atoms with Crippen molar-refractivity contribution in [3.63, 3.8) is 0 Å². The van der Waals surface area contributed by atoms with Gasteiger partial charge >= 0.3 is 12.0 Å². The number of hydrogen-bond acceptors (Lipinski definition) is 2. The van der Waals surface area contributed by atoms with E-state index in [4.69, 9.17) is 16.7 Å². The largest absolute Gasteiger partial charge is 0.481 e. The minimum Gasteiger partial charge on any atom is -0.481 e. The predicted octanol–water partition coefficient (Wildman–Crippen LogP) is 3.43. The zero-order valence-electron chi connectivity index (χ0n) is 10.6. The fourth-order valence-electron chi connectivity index (χ4n) is 2.15. The molecule has 0 aromatic heterocycles. The van der Waals surface area contributed by atoms with Crippen LogP contribution >= 0.6 is 27.5 Å². The van der Waals surface area contributed by atoms with E-state index >= 15 is 0 Å². The molecule has 0 aliphatic carbocycles. The first-order valence-corrected chi connectivity index (χ1v) is 7.38. The molecular weight excluding hydrogens is 348 g/mol. The molecule has 1 fully saturated rings. The van der Waals surface area contributed by atoms with E-state index in [1.165, 1.54) is 4.90 Å². The Balaban J connectivity index is 2.02. The molecule has 1 saturated heterocycles.